The summed E-state index contributed by atoms with van der Waals surface area (Å²) in [5.41, 5.74) is -0.534. The Morgan fingerprint density at radius 1 is 1.50 bits per heavy atom. The molecular formula is C13H11ClN2O4. The lowest BCUT2D eigenvalue weighted by Gasteiger charge is -2.09. The van der Waals surface area contributed by atoms with E-state index in [9.17, 15) is 9.59 Å². The van der Waals surface area contributed by atoms with Crippen LogP contribution in [0.1, 0.15) is 17.3 Å². The third-order valence-corrected chi connectivity index (χ3v) is 2.84. The number of nitrogens with zero attached hydrogens (tertiary/aromatic N) is 2. The molecule has 2 rings (SSSR count). The Labute approximate surface area is 119 Å². The molecule has 0 saturated heterocycles. The van der Waals surface area contributed by atoms with Crippen LogP contribution < -0.4 is 10.3 Å². The number of hydrogen-bond donors (Lipinski definition) is 1. The minimum atomic E-state index is -1.18. The van der Waals surface area contributed by atoms with E-state index in [0.717, 1.165) is 0 Å². The Bertz CT molecular complexity index is 712. The Hall–Kier alpha value is -2.34. The van der Waals surface area contributed by atoms with Crippen molar-refractivity contribution in [3.8, 4) is 11.6 Å². The molecule has 1 heterocycles. The zero-order chi connectivity index (χ0) is 14.7. The summed E-state index contributed by atoms with van der Waals surface area (Å²) in [6, 6.07) is 4.07. The Morgan fingerprint density at radius 2 is 2.25 bits per heavy atom. The van der Waals surface area contributed by atoms with Gasteiger partial charge in [-0.1, -0.05) is 11.6 Å². The number of hydrogen-bond acceptors (Lipinski definition) is 4. The predicted molar refractivity (Wildman–Crippen MR) is 72.7 cm³/mol. The van der Waals surface area contributed by atoms with Gasteiger partial charge in [0.2, 0.25) is 0 Å². The van der Waals surface area contributed by atoms with Crippen molar-refractivity contribution in [1.82, 2.24) is 9.55 Å². The van der Waals surface area contributed by atoms with Crippen LogP contribution in [-0.2, 0) is 6.54 Å². The lowest BCUT2D eigenvalue weighted by atomic mass is 10.2. The highest BCUT2D eigenvalue weighted by Gasteiger charge is 2.15. The third-order valence-electron chi connectivity index (χ3n) is 2.60. The predicted octanol–water partition coefficient (Wildman–Crippen LogP) is 2.41. The van der Waals surface area contributed by atoms with Gasteiger partial charge in [-0.25, -0.2) is 9.78 Å². The fraction of sp³-hybridized carbons (Fsp3) is 0.154. The first-order valence-electron chi connectivity index (χ1n) is 5.79. The SMILES string of the molecule is CCn1ccnc(Oc2cc(Cl)ccc2C(=O)O)c1=O. The van der Waals surface area contributed by atoms with E-state index < -0.39 is 11.5 Å². The lowest BCUT2D eigenvalue weighted by Crippen LogP contribution is -2.20. The van der Waals surface area contributed by atoms with Gasteiger partial charge in [0.1, 0.15) is 11.3 Å². The number of carboxylic acid groups (broad SMARTS) is 1. The maximum absolute atomic E-state index is 12.0. The average molecular weight is 295 g/mol. The number of aromatic nitrogens is 2. The molecule has 1 N–H and O–H groups in total. The van der Waals surface area contributed by atoms with Crippen molar-refractivity contribution in [2.24, 2.45) is 0 Å². The van der Waals surface area contributed by atoms with Crippen LogP contribution in [0.2, 0.25) is 5.02 Å². The molecule has 0 bridgehead atoms. The number of carboxylic acids is 1. The van der Waals surface area contributed by atoms with Gasteiger partial charge in [0, 0.05) is 30.0 Å². The number of aryl methyl sites for hydroxylation is 1. The highest BCUT2D eigenvalue weighted by atomic mass is 35.5. The summed E-state index contributed by atoms with van der Waals surface area (Å²) in [6.45, 7) is 2.26. The second kappa shape index (κ2) is 5.75. The summed E-state index contributed by atoms with van der Waals surface area (Å²) in [6.07, 6.45) is 2.93. The van der Waals surface area contributed by atoms with Crippen LogP contribution in [0, 0.1) is 0 Å². The fourth-order valence-corrected chi connectivity index (χ4v) is 1.77. The summed E-state index contributed by atoms with van der Waals surface area (Å²) >= 11 is 5.81. The smallest absolute Gasteiger partial charge is 0.339 e. The third kappa shape index (κ3) is 2.80. The molecule has 0 amide bonds. The van der Waals surface area contributed by atoms with Crippen molar-refractivity contribution in [3.63, 3.8) is 0 Å². The van der Waals surface area contributed by atoms with Crippen LogP contribution in [-0.4, -0.2) is 20.6 Å². The van der Waals surface area contributed by atoms with E-state index in [1.165, 1.54) is 35.2 Å². The molecular weight excluding hydrogens is 284 g/mol. The fourth-order valence-electron chi connectivity index (χ4n) is 1.61. The van der Waals surface area contributed by atoms with Gasteiger partial charge in [0.25, 0.3) is 5.88 Å². The summed E-state index contributed by atoms with van der Waals surface area (Å²) in [5.74, 6) is -1.40. The second-order valence-corrected chi connectivity index (χ2v) is 4.31. The van der Waals surface area contributed by atoms with Gasteiger partial charge in [0.15, 0.2) is 0 Å². The molecule has 0 spiro atoms. The van der Waals surface area contributed by atoms with E-state index in [4.69, 9.17) is 21.4 Å². The van der Waals surface area contributed by atoms with Gasteiger partial charge in [-0.2, -0.15) is 0 Å². The van der Waals surface area contributed by atoms with Crippen molar-refractivity contribution >= 4 is 17.6 Å². The van der Waals surface area contributed by atoms with Crippen LogP contribution in [0.4, 0.5) is 0 Å². The van der Waals surface area contributed by atoms with Gasteiger partial charge in [-0.05, 0) is 19.1 Å². The number of aromatic carboxylic acids is 1. The quantitative estimate of drug-likeness (QED) is 0.936. The summed E-state index contributed by atoms with van der Waals surface area (Å²) < 4.78 is 6.71. The molecule has 0 fully saturated rings. The maximum Gasteiger partial charge on any atom is 0.339 e. The van der Waals surface area contributed by atoms with Crippen LogP contribution in [0.5, 0.6) is 11.6 Å². The highest BCUT2D eigenvalue weighted by Crippen LogP contribution is 2.26. The molecule has 1 aromatic heterocycles. The Balaban J connectivity index is 2.47. The number of benzene rings is 1. The minimum Gasteiger partial charge on any atom is -0.478 e. The van der Waals surface area contributed by atoms with Gasteiger partial charge < -0.3 is 14.4 Å². The highest BCUT2D eigenvalue weighted by molar-refractivity contribution is 6.30. The second-order valence-electron chi connectivity index (χ2n) is 3.87. The van der Waals surface area contributed by atoms with E-state index in [-0.39, 0.29) is 17.2 Å². The molecule has 0 unspecified atom stereocenters. The Morgan fingerprint density at radius 3 is 2.90 bits per heavy atom. The summed E-state index contributed by atoms with van der Waals surface area (Å²) in [4.78, 5) is 26.9. The molecule has 7 heteroatoms. The van der Waals surface area contributed by atoms with Crippen LogP contribution in [0.15, 0.2) is 35.4 Å². The summed E-state index contributed by atoms with van der Waals surface area (Å²) in [7, 11) is 0. The van der Waals surface area contributed by atoms with Crippen LogP contribution in [0.3, 0.4) is 0 Å². The molecule has 0 aliphatic carbocycles. The molecule has 0 saturated carbocycles. The van der Waals surface area contributed by atoms with Crippen molar-refractivity contribution in [2.75, 3.05) is 0 Å². The first kappa shape index (κ1) is 14.1. The zero-order valence-corrected chi connectivity index (χ0v) is 11.3. The van der Waals surface area contributed by atoms with Crippen LogP contribution in [0.25, 0.3) is 0 Å². The molecule has 104 valence electrons. The van der Waals surface area contributed by atoms with Crippen molar-refractivity contribution < 1.29 is 14.6 Å². The molecule has 1 aromatic carbocycles. The number of carbonyl (C=O) groups is 1. The largest absolute Gasteiger partial charge is 0.478 e. The van der Waals surface area contributed by atoms with E-state index in [0.29, 0.717) is 11.6 Å². The van der Waals surface area contributed by atoms with Gasteiger partial charge in [0.05, 0.1) is 0 Å². The molecule has 6 nitrogen and oxygen atoms in total. The van der Waals surface area contributed by atoms with Crippen LogP contribution >= 0.6 is 11.6 Å². The number of ether oxygens (including phenoxy) is 1. The molecule has 0 atom stereocenters. The van der Waals surface area contributed by atoms with E-state index in [1.807, 2.05) is 0 Å². The van der Waals surface area contributed by atoms with Crippen molar-refractivity contribution in [3.05, 3.63) is 51.5 Å². The maximum atomic E-state index is 12.0. The molecule has 0 aliphatic rings. The monoisotopic (exact) mass is 294 g/mol. The van der Waals surface area contributed by atoms with Crippen molar-refractivity contribution in [1.29, 1.82) is 0 Å². The molecule has 0 radical (unpaired) electrons. The van der Waals surface area contributed by atoms with E-state index in [1.54, 1.807) is 6.92 Å². The van der Waals surface area contributed by atoms with Gasteiger partial charge in [-0.15, -0.1) is 0 Å². The number of rotatable bonds is 4. The first-order chi connectivity index (χ1) is 9.52. The van der Waals surface area contributed by atoms with Gasteiger partial charge >= 0.3 is 11.5 Å². The first-order valence-corrected chi connectivity index (χ1v) is 6.17. The number of halogens is 1. The molecule has 20 heavy (non-hydrogen) atoms. The zero-order valence-electron chi connectivity index (χ0n) is 10.5. The molecule has 0 aliphatic heterocycles. The lowest BCUT2D eigenvalue weighted by molar-refractivity contribution is 0.0694. The van der Waals surface area contributed by atoms with E-state index in [2.05, 4.69) is 4.98 Å². The summed E-state index contributed by atoms with van der Waals surface area (Å²) in [5, 5.41) is 9.38. The Kier molecular flexibility index (Phi) is 4.05. The molecule has 2 aromatic rings. The van der Waals surface area contributed by atoms with Gasteiger partial charge in [-0.3, -0.25) is 4.79 Å². The minimum absolute atomic E-state index is 0.0246. The normalized spacial score (nSPS) is 10.3. The average Bonchev–Trinajstić information content (AvgIpc) is 2.41. The van der Waals surface area contributed by atoms with Crippen molar-refractivity contribution in [2.45, 2.75) is 13.5 Å². The standard InChI is InChI=1S/C13H11ClN2O4/c1-2-16-6-5-15-11(12(16)17)20-10-7-8(14)3-4-9(10)13(18)19/h3-7H,2H2,1H3,(H,18,19). The van der Waals surface area contributed by atoms with E-state index >= 15 is 0 Å². The topological polar surface area (TPSA) is 81.4 Å².